The summed E-state index contributed by atoms with van der Waals surface area (Å²) in [6, 6.07) is 26.2. The summed E-state index contributed by atoms with van der Waals surface area (Å²) in [6.45, 7) is 13.4. The number of fused-ring (bicyclic) bond motifs is 6. The van der Waals surface area contributed by atoms with E-state index in [1.165, 1.54) is 55.2 Å². The van der Waals surface area contributed by atoms with E-state index in [0.29, 0.717) is 5.92 Å². The molecule has 292 valence electrons. The summed E-state index contributed by atoms with van der Waals surface area (Å²) in [5, 5.41) is 13.0. The van der Waals surface area contributed by atoms with Crippen molar-refractivity contribution in [3.8, 4) is 5.75 Å². The number of ether oxygens (including phenoxy) is 1. The van der Waals surface area contributed by atoms with Gasteiger partial charge in [0.15, 0.2) is 5.71 Å². The Balaban J connectivity index is 0.000000663. The van der Waals surface area contributed by atoms with Crippen LogP contribution in [-0.2, 0) is 10.8 Å². The van der Waals surface area contributed by atoms with Crippen LogP contribution in [0.1, 0.15) is 84.3 Å². The van der Waals surface area contributed by atoms with Gasteiger partial charge in [-0.25, -0.2) is 0 Å². The maximum atomic E-state index is 7.26. The molecule has 0 fully saturated rings. The highest BCUT2D eigenvalue weighted by atomic mass is 35.5. The zero-order chi connectivity index (χ0) is 39.8. The molecule has 1 atom stereocenters. The van der Waals surface area contributed by atoms with Crippen LogP contribution in [0, 0.1) is 5.92 Å². The number of unbranched alkanes of at least 4 members (excludes halogenated alkanes) is 2. The molecule has 0 radical (unpaired) electrons. The van der Waals surface area contributed by atoms with Gasteiger partial charge in [-0.2, -0.15) is 29.8 Å². The van der Waals surface area contributed by atoms with Crippen LogP contribution in [-0.4, -0.2) is 47.1 Å². The molecule has 0 amide bonds. The molecule has 0 bridgehead atoms. The zero-order valence-electron chi connectivity index (χ0n) is 33.5. The molecule has 7 rings (SSSR count). The van der Waals surface area contributed by atoms with Crippen molar-refractivity contribution >= 4 is 69.8 Å². The second-order valence-electron chi connectivity index (χ2n) is 15.8. The molecule has 2 heterocycles. The van der Waals surface area contributed by atoms with E-state index < -0.39 is 0 Å². The van der Waals surface area contributed by atoms with E-state index in [-0.39, 0.29) is 10.8 Å². The summed E-state index contributed by atoms with van der Waals surface area (Å²) in [5.74, 6) is 4.28. The molecule has 1 unspecified atom stereocenters. The number of halogens is 1. The minimum atomic E-state index is -0.243. The summed E-state index contributed by atoms with van der Waals surface area (Å²) in [6.07, 6.45) is 15.4. The molecular formula is C48H60ClN2O2S2+. The minimum absolute atomic E-state index is 0.144. The number of benzene rings is 4. The monoisotopic (exact) mass is 795 g/mol. The van der Waals surface area contributed by atoms with Crippen molar-refractivity contribution in [1.29, 1.82) is 0 Å². The van der Waals surface area contributed by atoms with E-state index in [1.807, 2.05) is 0 Å². The van der Waals surface area contributed by atoms with Gasteiger partial charge in [-0.3, -0.25) is 0 Å². The molecule has 0 saturated carbocycles. The highest BCUT2D eigenvalue weighted by Gasteiger charge is 2.45. The maximum absolute atomic E-state index is 7.26. The third-order valence-electron chi connectivity index (χ3n) is 11.1. The van der Waals surface area contributed by atoms with Crippen LogP contribution in [0.25, 0.3) is 21.5 Å². The van der Waals surface area contributed by atoms with Crippen LogP contribution in [0.5, 0.6) is 5.75 Å². The van der Waals surface area contributed by atoms with E-state index in [2.05, 4.69) is 162 Å². The summed E-state index contributed by atoms with van der Waals surface area (Å²) in [7, 11) is 1.00. The van der Waals surface area contributed by atoms with Gasteiger partial charge < -0.3 is 15.6 Å². The van der Waals surface area contributed by atoms with Gasteiger partial charge in [0.2, 0.25) is 5.69 Å². The van der Waals surface area contributed by atoms with Gasteiger partial charge in [-0.05, 0) is 135 Å². The average Bonchev–Trinajstić information content (AvgIpc) is 3.58. The fourth-order valence-electron chi connectivity index (χ4n) is 8.35. The third kappa shape index (κ3) is 9.16. The Kier molecular flexibility index (Phi) is 15.0. The van der Waals surface area contributed by atoms with Crippen molar-refractivity contribution in [2.45, 2.75) is 84.0 Å². The number of nitrogens with two attached hydrogens (primary N) is 1. The number of nitrogens with zero attached hydrogens (tertiary/aromatic N) is 1. The van der Waals surface area contributed by atoms with E-state index in [0.717, 1.165) is 86.8 Å². The van der Waals surface area contributed by atoms with Crippen molar-refractivity contribution in [3.05, 3.63) is 130 Å². The second-order valence-corrected chi connectivity index (χ2v) is 17.1. The molecule has 55 heavy (non-hydrogen) atoms. The van der Waals surface area contributed by atoms with Crippen LogP contribution in [0.2, 0.25) is 0 Å². The highest BCUT2D eigenvalue weighted by molar-refractivity contribution is 7.80. The van der Waals surface area contributed by atoms with Gasteiger partial charge in [0.25, 0.3) is 0 Å². The summed E-state index contributed by atoms with van der Waals surface area (Å²) >= 11 is 15.8. The fraction of sp³-hybridized carbons (Fsp3) is 0.396. The molecule has 4 aromatic carbocycles. The number of hydrogen-bond acceptors (Lipinski definition) is 5. The quantitative estimate of drug-likeness (QED) is 0.0734. The standard InChI is InChI=1S/C43H44ClNOS.C4H11NS.CH4O/c1-28-26-31(18-22-37-42(2,3)39-33-14-8-6-12-29(33)16-20-35(39)45(37)24-10-11-25-47)41(44)32(27-28)19-23-38-43(4,5)40-34-15-9-7-13-30(34)17-21-36(40)46-38;5-3-1-2-4-6;1-2/h6-9,12-23,28H,10-11,24-27H2,1-5H3;6H,1-5H2;2H,1H3/p+1/b22-18+,32-19+,38-23+;;. The fourth-order valence-corrected chi connectivity index (χ4v) is 9.08. The Morgan fingerprint density at radius 2 is 1.40 bits per heavy atom. The molecule has 2 aliphatic heterocycles. The Morgan fingerprint density at radius 1 is 0.782 bits per heavy atom. The van der Waals surface area contributed by atoms with Crippen molar-refractivity contribution in [1.82, 2.24) is 0 Å². The van der Waals surface area contributed by atoms with Crippen LogP contribution in [0.15, 0.2) is 119 Å². The number of aliphatic hydroxyl groups is 1. The van der Waals surface area contributed by atoms with Gasteiger partial charge >= 0.3 is 0 Å². The van der Waals surface area contributed by atoms with Crippen molar-refractivity contribution < 1.29 is 14.4 Å². The number of hydrogen-bond donors (Lipinski definition) is 4. The van der Waals surface area contributed by atoms with E-state index >= 15 is 0 Å². The van der Waals surface area contributed by atoms with Crippen LogP contribution < -0.4 is 10.5 Å². The maximum Gasteiger partial charge on any atom is 0.210 e. The molecule has 0 spiro atoms. The highest BCUT2D eigenvalue weighted by Crippen LogP contribution is 2.49. The van der Waals surface area contributed by atoms with Gasteiger partial charge in [0.05, 0.1) is 10.8 Å². The van der Waals surface area contributed by atoms with Crippen LogP contribution >= 0.6 is 36.9 Å². The Hall–Kier alpha value is -3.26. The van der Waals surface area contributed by atoms with E-state index in [9.17, 15) is 0 Å². The number of aliphatic hydroxyl groups excluding tert-OH is 1. The average molecular weight is 797 g/mol. The van der Waals surface area contributed by atoms with Crippen molar-refractivity contribution in [2.75, 3.05) is 31.7 Å². The second kappa shape index (κ2) is 19.3. The minimum Gasteiger partial charge on any atom is -0.460 e. The number of thiol groups is 2. The molecule has 4 nitrogen and oxygen atoms in total. The molecular weight excluding hydrogens is 736 g/mol. The molecule has 0 saturated heterocycles. The smallest absolute Gasteiger partial charge is 0.210 e. The van der Waals surface area contributed by atoms with E-state index in [1.54, 1.807) is 0 Å². The van der Waals surface area contributed by atoms with Crippen LogP contribution in [0.3, 0.4) is 0 Å². The van der Waals surface area contributed by atoms with Gasteiger partial charge in [-0.15, -0.1) is 0 Å². The Labute approximate surface area is 345 Å². The van der Waals surface area contributed by atoms with E-state index in [4.69, 9.17) is 27.2 Å². The topological polar surface area (TPSA) is 58.5 Å². The Morgan fingerprint density at radius 3 is 2.04 bits per heavy atom. The third-order valence-corrected chi connectivity index (χ3v) is 12.2. The largest absolute Gasteiger partial charge is 0.460 e. The summed E-state index contributed by atoms with van der Waals surface area (Å²) in [5.41, 5.74) is 12.5. The first-order valence-corrected chi connectivity index (χ1v) is 21.4. The van der Waals surface area contributed by atoms with Crippen LogP contribution in [0.4, 0.5) is 5.69 Å². The predicted octanol–water partition coefficient (Wildman–Crippen LogP) is 12.0. The summed E-state index contributed by atoms with van der Waals surface area (Å²) < 4.78 is 9.04. The SMILES string of the molecule is CC1CC(/C=C/C2=[N+](CCCCS)c3ccc4ccccc4c3C2(C)C)=C(Cl)C(=C/C=C2/Oc3ccc4ccccc4c3C2(C)C)/C1.CO.NCCCCS. The zero-order valence-corrected chi connectivity index (χ0v) is 36.1. The first-order valence-electron chi connectivity index (χ1n) is 19.7. The lowest BCUT2D eigenvalue weighted by atomic mass is 9.78. The molecule has 3 N–H and O–H groups in total. The lowest BCUT2D eigenvalue weighted by molar-refractivity contribution is -0.438. The lowest BCUT2D eigenvalue weighted by Crippen LogP contribution is -2.28. The van der Waals surface area contributed by atoms with Gasteiger partial charge in [-0.1, -0.05) is 85.3 Å². The van der Waals surface area contributed by atoms with Gasteiger partial charge in [0.1, 0.15) is 18.1 Å². The molecule has 1 aliphatic carbocycles. The van der Waals surface area contributed by atoms with Crippen molar-refractivity contribution in [3.63, 3.8) is 0 Å². The lowest BCUT2D eigenvalue weighted by Gasteiger charge is -2.23. The molecule has 4 aromatic rings. The first kappa shape index (κ1) is 42.9. The molecule has 3 aliphatic rings. The Bertz CT molecular complexity index is 2140. The number of rotatable bonds is 10. The van der Waals surface area contributed by atoms with Crippen molar-refractivity contribution in [2.24, 2.45) is 11.7 Å². The summed E-state index contributed by atoms with van der Waals surface area (Å²) in [4.78, 5) is 0. The predicted molar refractivity (Wildman–Crippen MR) is 244 cm³/mol. The normalized spacial score (nSPS) is 19.7. The molecule has 0 aromatic heterocycles. The number of allylic oxidation sites excluding steroid dienone is 8. The van der Waals surface area contributed by atoms with Gasteiger partial charge in [0, 0.05) is 41.8 Å². The first-order chi connectivity index (χ1) is 26.5. The molecule has 7 heteroatoms.